The Bertz CT molecular complexity index is 547. The third kappa shape index (κ3) is 3.93. The van der Waals surface area contributed by atoms with Crippen molar-refractivity contribution in [2.24, 2.45) is 5.10 Å². The Morgan fingerprint density at radius 2 is 2.16 bits per heavy atom. The van der Waals surface area contributed by atoms with Crippen LogP contribution in [0.3, 0.4) is 0 Å². The second kappa shape index (κ2) is 6.70. The van der Waals surface area contributed by atoms with Crippen LogP contribution < -0.4 is 10.2 Å². The summed E-state index contributed by atoms with van der Waals surface area (Å²) in [5.41, 5.74) is 3.03. The van der Waals surface area contributed by atoms with Gasteiger partial charge in [-0.3, -0.25) is 4.79 Å². The van der Waals surface area contributed by atoms with Crippen LogP contribution in [0.1, 0.15) is 22.2 Å². The van der Waals surface area contributed by atoms with Gasteiger partial charge in [-0.2, -0.15) is 5.10 Å². The Morgan fingerprint density at radius 3 is 2.79 bits per heavy atom. The molecule has 4 nitrogen and oxygen atoms in total. The molecule has 98 valence electrons. The van der Waals surface area contributed by atoms with E-state index >= 15 is 0 Å². The van der Waals surface area contributed by atoms with Crippen molar-refractivity contribution in [2.45, 2.75) is 6.92 Å². The molecule has 0 aliphatic carbocycles. The van der Waals surface area contributed by atoms with Gasteiger partial charge in [0.05, 0.1) is 12.8 Å². The molecule has 1 heterocycles. The van der Waals surface area contributed by atoms with Crippen molar-refractivity contribution in [1.29, 1.82) is 0 Å². The van der Waals surface area contributed by atoms with E-state index in [4.69, 9.17) is 4.74 Å². The predicted molar refractivity (Wildman–Crippen MR) is 77.0 cm³/mol. The number of nitrogens with zero attached hydrogens (tertiary/aromatic N) is 1. The fourth-order valence-corrected chi connectivity index (χ4v) is 2.04. The van der Waals surface area contributed by atoms with Gasteiger partial charge in [-0.15, -0.1) is 11.3 Å². The van der Waals surface area contributed by atoms with Crippen molar-refractivity contribution in [3.8, 4) is 5.75 Å². The van der Waals surface area contributed by atoms with E-state index in [-0.39, 0.29) is 5.91 Å². The third-order valence-corrected chi connectivity index (χ3v) is 3.14. The molecule has 1 aromatic carbocycles. The first-order valence-corrected chi connectivity index (χ1v) is 6.77. The lowest BCUT2D eigenvalue weighted by Crippen LogP contribution is -2.17. The molecule has 2 rings (SSSR count). The maximum Gasteiger partial charge on any atom is 0.271 e. The van der Waals surface area contributed by atoms with Crippen LogP contribution in [0, 0.1) is 0 Å². The molecular weight excluding hydrogens is 260 g/mol. The summed E-state index contributed by atoms with van der Waals surface area (Å²) in [5, 5.41) is 5.86. The van der Waals surface area contributed by atoms with Crippen LogP contribution in [-0.2, 0) is 0 Å². The molecule has 5 heteroatoms. The Kier molecular flexibility index (Phi) is 4.69. The molecule has 2 aromatic rings. The average Bonchev–Trinajstić information content (AvgIpc) is 2.93. The van der Waals surface area contributed by atoms with Crippen molar-refractivity contribution >= 4 is 23.5 Å². The first-order valence-electron chi connectivity index (χ1n) is 5.89. The van der Waals surface area contributed by atoms with Gasteiger partial charge in [0.25, 0.3) is 5.91 Å². The standard InChI is InChI=1S/C14H14N2O2S/c1-2-18-12-7-5-11(6-8-12)14(17)16-15-10-13-4-3-9-19-13/h3-10H,2H2,1H3,(H,16,17). The first kappa shape index (κ1) is 13.3. The number of nitrogens with one attached hydrogen (secondary N) is 1. The maximum atomic E-state index is 11.8. The van der Waals surface area contributed by atoms with Gasteiger partial charge in [0.2, 0.25) is 0 Å². The van der Waals surface area contributed by atoms with E-state index in [2.05, 4.69) is 10.5 Å². The quantitative estimate of drug-likeness (QED) is 0.673. The number of amides is 1. The Labute approximate surface area is 115 Å². The van der Waals surface area contributed by atoms with Gasteiger partial charge in [-0.25, -0.2) is 5.43 Å². The van der Waals surface area contributed by atoms with Crippen molar-refractivity contribution in [3.63, 3.8) is 0 Å². The van der Waals surface area contributed by atoms with Crippen molar-refractivity contribution in [3.05, 3.63) is 52.2 Å². The second-order valence-electron chi connectivity index (χ2n) is 3.67. The average molecular weight is 274 g/mol. The highest BCUT2D eigenvalue weighted by molar-refractivity contribution is 7.11. The SMILES string of the molecule is CCOc1ccc(C(=O)NN=Cc2cccs2)cc1. The molecule has 1 aromatic heterocycles. The highest BCUT2D eigenvalue weighted by Crippen LogP contribution is 2.12. The predicted octanol–water partition coefficient (Wildman–Crippen LogP) is 2.91. The van der Waals surface area contributed by atoms with Gasteiger partial charge in [-0.1, -0.05) is 6.07 Å². The van der Waals surface area contributed by atoms with E-state index in [1.54, 1.807) is 41.8 Å². The zero-order valence-corrected chi connectivity index (χ0v) is 11.3. The zero-order chi connectivity index (χ0) is 13.5. The Morgan fingerprint density at radius 1 is 1.37 bits per heavy atom. The number of rotatable bonds is 5. The molecule has 19 heavy (non-hydrogen) atoms. The van der Waals surface area contributed by atoms with Gasteiger partial charge >= 0.3 is 0 Å². The van der Waals surface area contributed by atoms with E-state index in [0.717, 1.165) is 10.6 Å². The number of ether oxygens (including phenoxy) is 1. The monoisotopic (exact) mass is 274 g/mol. The lowest BCUT2D eigenvalue weighted by molar-refractivity contribution is 0.0955. The molecule has 0 atom stereocenters. The van der Waals surface area contributed by atoms with E-state index in [1.807, 2.05) is 24.4 Å². The van der Waals surface area contributed by atoms with E-state index in [9.17, 15) is 4.79 Å². The van der Waals surface area contributed by atoms with Gasteiger partial charge < -0.3 is 4.74 Å². The lowest BCUT2D eigenvalue weighted by atomic mass is 10.2. The minimum atomic E-state index is -0.240. The topological polar surface area (TPSA) is 50.7 Å². The fraction of sp³-hybridized carbons (Fsp3) is 0.143. The number of benzene rings is 1. The summed E-state index contributed by atoms with van der Waals surface area (Å²) in [4.78, 5) is 12.8. The van der Waals surface area contributed by atoms with Crippen molar-refractivity contribution < 1.29 is 9.53 Å². The van der Waals surface area contributed by atoms with Gasteiger partial charge in [-0.05, 0) is 42.6 Å². The minimum absolute atomic E-state index is 0.240. The highest BCUT2D eigenvalue weighted by Gasteiger charge is 2.03. The van der Waals surface area contributed by atoms with Crippen LogP contribution in [0.5, 0.6) is 5.75 Å². The van der Waals surface area contributed by atoms with E-state index < -0.39 is 0 Å². The zero-order valence-electron chi connectivity index (χ0n) is 10.5. The van der Waals surface area contributed by atoms with Crippen LogP contribution >= 0.6 is 11.3 Å². The largest absolute Gasteiger partial charge is 0.494 e. The molecule has 0 saturated heterocycles. The summed E-state index contributed by atoms with van der Waals surface area (Å²) in [6.45, 7) is 2.52. The molecule has 0 saturated carbocycles. The minimum Gasteiger partial charge on any atom is -0.494 e. The number of hydrogen-bond acceptors (Lipinski definition) is 4. The molecule has 0 unspecified atom stereocenters. The second-order valence-corrected chi connectivity index (χ2v) is 4.65. The molecule has 0 fully saturated rings. The number of hydrazone groups is 1. The number of thiophene rings is 1. The smallest absolute Gasteiger partial charge is 0.271 e. The van der Waals surface area contributed by atoms with E-state index in [1.165, 1.54) is 0 Å². The summed E-state index contributed by atoms with van der Waals surface area (Å²) in [7, 11) is 0. The maximum absolute atomic E-state index is 11.8. The van der Waals surface area contributed by atoms with Gasteiger partial charge in [0, 0.05) is 10.4 Å². The lowest BCUT2D eigenvalue weighted by Gasteiger charge is -2.03. The summed E-state index contributed by atoms with van der Waals surface area (Å²) >= 11 is 1.56. The molecule has 1 amide bonds. The molecule has 0 radical (unpaired) electrons. The number of hydrogen-bond donors (Lipinski definition) is 1. The van der Waals surface area contributed by atoms with Crippen LogP contribution in [0.25, 0.3) is 0 Å². The normalized spacial score (nSPS) is 10.6. The number of carbonyl (C=O) groups is 1. The Balaban J connectivity index is 1.92. The van der Waals surface area contributed by atoms with E-state index in [0.29, 0.717) is 12.2 Å². The molecule has 0 bridgehead atoms. The van der Waals surface area contributed by atoms with Crippen LogP contribution in [0.4, 0.5) is 0 Å². The summed E-state index contributed by atoms with van der Waals surface area (Å²) in [6, 6.07) is 10.8. The third-order valence-electron chi connectivity index (χ3n) is 2.33. The first-order chi connectivity index (χ1) is 9.29. The van der Waals surface area contributed by atoms with Crippen molar-refractivity contribution in [2.75, 3.05) is 6.61 Å². The molecule has 1 N–H and O–H groups in total. The van der Waals surface area contributed by atoms with Crippen LogP contribution in [0.15, 0.2) is 46.9 Å². The Hall–Kier alpha value is -2.14. The van der Waals surface area contributed by atoms with Crippen molar-refractivity contribution in [1.82, 2.24) is 5.43 Å². The van der Waals surface area contributed by atoms with Crippen LogP contribution in [0.2, 0.25) is 0 Å². The molecule has 0 aliphatic rings. The van der Waals surface area contributed by atoms with Gasteiger partial charge in [0.15, 0.2) is 0 Å². The molecular formula is C14H14N2O2S. The molecule has 0 aliphatic heterocycles. The summed E-state index contributed by atoms with van der Waals surface area (Å²) < 4.78 is 5.31. The summed E-state index contributed by atoms with van der Waals surface area (Å²) in [5.74, 6) is 0.511. The molecule has 0 spiro atoms. The van der Waals surface area contributed by atoms with Gasteiger partial charge in [0.1, 0.15) is 5.75 Å². The fourth-order valence-electron chi connectivity index (χ4n) is 1.45. The van der Waals surface area contributed by atoms with Crippen LogP contribution in [-0.4, -0.2) is 18.7 Å². The number of carbonyl (C=O) groups excluding carboxylic acids is 1. The summed E-state index contributed by atoms with van der Waals surface area (Å²) in [6.07, 6.45) is 1.62. The highest BCUT2D eigenvalue weighted by atomic mass is 32.1.